The van der Waals surface area contributed by atoms with Gasteiger partial charge in [-0.2, -0.15) is 0 Å². The number of rotatable bonds is 2. The minimum Gasteiger partial charge on any atom is -0.508 e. The number of benzene rings is 2. The molecule has 2 aromatic carbocycles. The van der Waals surface area contributed by atoms with Crippen LogP contribution in [0.15, 0.2) is 52.3 Å². The number of phenolic OH excluding ortho intramolecular Hbond substituents is 1. The van der Waals surface area contributed by atoms with Gasteiger partial charge < -0.3 is 10.8 Å². The van der Waals surface area contributed by atoms with Gasteiger partial charge >= 0.3 is 0 Å². The van der Waals surface area contributed by atoms with Gasteiger partial charge in [0.1, 0.15) is 5.75 Å². The molecular weight excluding hydrogens is 218 g/mol. The van der Waals surface area contributed by atoms with Crippen LogP contribution in [0.3, 0.4) is 0 Å². The van der Waals surface area contributed by atoms with Crippen LogP contribution in [0.4, 0.5) is 5.69 Å². The fourth-order valence-corrected chi connectivity index (χ4v) is 2.28. The Morgan fingerprint density at radius 1 is 1.00 bits per heavy atom. The lowest BCUT2D eigenvalue weighted by atomic mass is 10.2. The van der Waals surface area contributed by atoms with Gasteiger partial charge in [-0.25, -0.2) is 0 Å². The van der Waals surface area contributed by atoms with E-state index >= 15 is 0 Å². The van der Waals surface area contributed by atoms with Crippen molar-refractivity contribution in [1.29, 1.82) is 0 Å². The lowest BCUT2D eigenvalue weighted by Crippen LogP contribution is -1.88. The van der Waals surface area contributed by atoms with Crippen LogP contribution in [0.1, 0.15) is 5.56 Å². The summed E-state index contributed by atoms with van der Waals surface area (Å²) in [6, 6.07) is 13.1. The van der Waals surface area contributed by atoms with Crippen molar-refractivity contribution in [3.8, 4) is 5.75 Å². The maximum Gasteiger partial charge on any atom is 0.115 e. The summed E-state index contributed by atoms with van der Waals surface area (Å²) in [5.74, 6) is 0.290. The summed E-state index contributed by atoms with van der Waals surface area (Å²) in [5.41, 5.74) is 7.66. The maximum absolute atomic E-state index is 9.18. The van der Waals surface area contributed by atoms with Gasteiger partial charge in [0.15, 0.2) is 0 Å². The Labute approximate surface area is 99.1 Å². The van der Waals surface area contributed by atoms with E-state index in [1.807, 2.05) is 31.2 Å². The van der Waals surface area contributed by atoms with Crippen molar-refractivity contribution >= 4 is 17.4 Å². The summed E-state index contributed by atoms with van der Waals surface area (Å²) < 4.78 is 0. The zero-order valence-corrected chi connectivity index (χ0v) is 9.79. The summed E-state index contributed by atoms with van der Waals surface area (Å²) in [4.78, 5) is 2.25. The van der Waals surface area contributed by atoms with E-state index in [0.717, 1.165) is 21.0 Å². The summed E-state index contributed by atoms with van der Waals surface area (Å²) in [5, 5.41) is 9.18. The van der Waals surface area contributed by atoms with Crippen molar-refractivity contribution < 1.29 is 5.11 Å². The third-order valence-electron chi connectivity index (χ3n) is 2.31. The molecule has 0 aliphatic carbocycles. The lowest BCUT2D eigenvalue weighted by molar-refractivity contribution is 0.475. The van der Waals surface area contributed by atoms with Gasteiger partial charge in [0, 0.05) is 15.5 Å². The number of nitrogens with two attached hydrogens (primary N) is 1. The fraction of sp³-hybridized carbons (Fsp3) is 0.0769. The van der Waals surface area contributed by atoms with E-state index in [2.05, 4.69) is 6.07 Å². The highest BCUT2D eigenvalue weighted by atomic mass is 32.2. The molecule has 0 amide bonds. The summed E-state index contributed by atoms with van der Waals surface area (Å²) in [7, 11) is 0. The van der Waals surface area contributed by atoms with Crippen LogP contribution in [-0.2, 0) is 0 Å². The molecule has 0 saturated heterocycles. The number of hydrogen-bond acceptors (Lipinski definition) is 3. The first-order valence-corrected chi connectivity index (χ1v) is 5.80. The smallest absolute Gasteiger partial charge is 0.115 e. The monoisotopic (exact) mass is 231 g/mol. The molecule has 0 radical (unpaired) electrons. The van der Waals surface area contributed by atoms with E-state index in [0.29, 0.717) is 0 Å². The molecule has 0 heterocycles. The number of nitrogen functional groups attached to an aromatic ring is 1. The quantitative estimate of drug-likeness (QED) is 0.778. The van der Waals surface area contributed by atoms with E-state index in [9.17, 15) is 5.11 Å². The highest BCUT2D eigenvalue weighted by molar-refractivity contribution is 7.99. The molecule has 0 aliphatic rings. The van der Waals surface area contributed by atoms with Crippen molar-refractivity contribution in [2.75, 3.05) is 5.73 Å². The molecular formula is C13H13NOS. The van der Waals surface area contributed by atoms with Crippen LogP contribution >= 0.6 is 11.8 Å². The number of anilines is 1. The molecule has 2 aromatic rings. The Balaban J connectivity index is 2.20. The minimum atomic E-state index is 0.290. The number of aryl methyl sites for hydroxylation is 1. The Morgan fingerprint density at radius 3 is 2.25 bits per heavy atom. The van der Waals surface area contributed by atoms with Crippen LogP contribution in [0.25, 0.3) is 0 Å². The van der Waals surface area contributed by atoms with Crippen LogP contribution in [0, 0.1) is 6.92 Å². The summed E-state index contributed by atoms with van der Waals surface area (Å²) in [6.45, 7) is 2.00. The second-order valence-electron chi connectivity index (χ2n) is 3.61. The molecule has 2 nitrogen and oxygen atoms in total. The average molecular weight is 231 g/mol. The van der Waals surface area contributed by atoms with Gasteiger partial charge in [-0.05, 0) is 55.0 Å². The first-order chi connectivity index (χ1) is 7.65. The summed E-state index contributed by atoms with van der Waals surface area (Å²) >= 11 is 1.65. The van der Waals surface area contributed by atoms with Crippen molar-refractivity contribution in [3.63, 3.8) is 0 Å². The Kier molecular flexibility index (Phi) is 3.06. The molecule has 0 fully saturated rings. The predicted molar refractivity (Wildman–Crippen MR) is 67.8 cm³/mol. The fourth-order valence-electron chi connectivity index (χ4n) is 1.36. The van der Waals surface area contributed by atoms with Crippen molar-refractivity contribution in [3.05, 3.63) is 48.0 Å². The predicted octanol–water partition coefficient (Wildman–Crippen LogP) is 3.43. The number of hydrogen-bond donors (Lipinski definition) is 2. The first kappa shape index (κ1) is 10.9. The molecule has 0 bridgehead atoms. The van der Waals surface area contributed by atoms with E-state index in [4.69, 9.17) is 5.73 Å². The standard InChI is InChI=1S/C13H13NOS/c1-9-8-12(6-7-13(9)14)16-11-4-2-10(15)3-5-11/h2-8,15H,14H2,1H3. The Hall–Kier alpha value is -1.61. The molecule has 0 aromatic heterocycles. The van der Waals surface area contributed by atoms with Crippen LogP contribution in [0.5, 0.6) is 5.75 Å². The molecule has 3 N–H and O–H groups in total. The SMILES string of the molecule is Cc1cc(Sc2ccc(O)cc2)ccc1N. The van der Waals surface area contributed by atoms with Crippen LogP contribution in [-0.4, -0.2) is 5.11 Å². The topological polar surface area (TPSA) is 46.2 Å². The van der Waals surface area contributed by atoms with E-state index in [-0.39, 0.29) is 5.75 Å². The molecule has 0 aliphatic heterocycles. The van der Waals surface area contributed by atoms with Crippen LogP contribution < -0.4 is 5.73 Å². The molecule has 3 heteroatoms. The van der Waals surface area contributed by atoms with Gasteiger partial charge in [-0.1, -0.05) is 11.8 Å². The minimum absolute atomic E-state index is 0.290. The van der Waals surface area contributed by atoms with Crippen molar-refractivity contribution in [1.82, 2.24) is 0 Å². The van der Waals surface area contributed by atoms with Crippen LogP contribution in [0.2, 0.25) is 0 Å². The Morgan fingerprint density at radius 2 is 1.62 bits per heavy atom. The summed E-state index contributed by atoms with van der Waals surface area (Å²) in [6.07, 6.45) is 0. The van der Waals surface area contributed by atoms with Gasteiger partial charge in [0.2, 0.25) is 0 Å². The van der Waals surface area contributed by atoms with Crippen molar-refractivity contribution in [2.24, 2.45) is 0 Å². The first-order valence-electron chi connectivity index (χ1n) is 4.98. The van der Waals surface area contributed by atoms with Gasteiger partial charge in [-0.3, -0.25) is 0 Å². The zero-order valence-electron chi connectivity index (χ0n) is 8.97. The second-order valence-corrected chi connectivity index (χ2v) is 4.76. The van der Waals surface area contributed by atoms with Gasteiger partial charge in [0.05, 0.1) is 0 Å². The zero-order chi connectivity index (χ0) is 11.5. The van der Waals surface area contributed by atoms with E-state index in [1.54, 1.807) is 23.9 Å². The average Bonchev–Trinajstić information content (AvgIpc) is 2.27. The van der Waals surface area contributed by atoms with E-state index in [1.165, 1.54) is 0 Å². The molecule has 16 heavy (non-hydrogen) atoms. The van der Waals surface area contributed by atoms with Gasteiger partial charge in [0.25, 0.3) is 0 Å². The number of phenols is 1. The maximum atomic E-state index is 9.18. The normalized spacial score (nSPS) is 10.3. The molecule has 0 spiro atoms. The molecule has 2 rings (SSSR count). The third-order valence-corrected chi connectivity index (χ3v) is 3.31. The second kappa shape index (κ2) is 4.49. The highest BCUT2D eigenvalue weighted by Crippen LogP contribution is 2.30. The number of aromatic hydroxyl groups is 1. The highest BCUT2D eigenvalue weighted by Gasteiger charge is 1.99. The lowest BCUT2D eigenvalue weighted by Gasteiger charge is -2.05. The van der Waals surface area contributed by atoms with Gasteiger partial charge in [-0.15, -0.1) is 0 Å². The molecule has 0 unspecified atom stereocenters. The third kappa shape index (κ3) is 2.49. The molecule has 0 atom stereocenters. The van der Waals surface area contributed by atoms with Crippen molar-refractivity contribution in [2.45, 2.75) is 16.7 Å². The van der Waals surface area contributed by atoms with E-state index < -0.39 is 0 Å². The molecule has 0 saturated carbocycles. The Bertz CT molecular complexity index is 494. The molecule has 82 valence electrons. The largest absolute Gasteiger partial charge is 0.508 e.